The number of halogens is 1. The Bertz CT molecular complexity index is 695. The van der Waals surface area contributed by atoms with Gasteiger partial charge in [0.15, 0.2) is 0 Å². The van der Waals surface area contributed by atoms with Gasteiger partial charge in [0.2, 0.25) is 10.0 Å². The molecule has 0 atom stereocenters. The Morgan fingerprint density at radius 1 is 1.32 bits per heavy atom. The third kappa shape index (κ3) is 3.43. The minimum absolute atomic E-state index is 0.106. The quantitative estimate of drug-likeness (QED) is 0.924. The van der Waals surface area contributed by atoms with Crippen LogP contribution in [0.4, 0.5) is 0 Å². The summed E-state index contributed by atoms with van der Waals surface area (Å²) in [5.74, 6) is 0.647. The Labute approximate surface area is 120 Å². The van der Waals surface area contributed by atoms with E-state index in [0.717, 1.165) is 10.0 Å². The lowest BCUT2D eigenvalue weighted by molar-refractivity contribution is 0.390. The molecule has 7 heteroatoms. The molecule has 102 valence electrons. The van der Waals surface area contributed by atoms with Crippen LogP contribution >= 0.6 is 15.9 Å². The average molecular weight is 345 g/mol. The van der Waals surface area contributed by atoms with Crippen molar-refractivity contribution in [1.82, 2.24) is 9.88 Å². The van der Waals surface area contributed by atoms with Crippen LogP contribution in [0, 0.1) is 13.8 Å². The summed E-state index contributed by atoms with van der Waals surface area (Å²) in [5, 5.41) is 3.73. The first-order valence-electron chi connectivity index (χ1n) is 5.56. The highest BCUT2D eigenvalue weighted by molar-refractivity contribution is 9.10. The smallest absolute Gasteiger partial charge is 0.240 e. The van der Waals surface area contributed by atoms with Crippen molar-refractivity contribution in [3.8, 4) is 0 Å². The largest absolute Gasteiger partial charge is 0.361 e. The third-order valence-electron chi connectivity index (χ3n) is 2.56. The normalized spacial score (nSPS) is 11.7. The van der Waals surface area contributed by atoms with Crippen molar-refractivity contribution >= 4 is 26.0 Å². The SMILES string of the molecule is Cc1cc(CNS(=O)(=O)c2ccc(Br)c(C)c2)no1. The summed E-state index contributed by atoms with van der Waals surface area (Å²) in [6.45, 7) is 3.70. The van der Waals surface area contributed by atoms with Gasteiger partial charge in [0.25, 0.3) is 0 Å². The van der Waals surface area contributed by atoms with Crippen LogP contribution in [0.3, 0.4) is 0 Å². The molecule has 1 heterocycles. The van der Waals surface area contributed by atoms with Crippen molar-refractivity contribution in [3.05, 3.63) is 45.8 Å². The Morgan fingerprint density at radius 3 is 2.63 bits per heavy atom. The highest BCUT2D eigenvalue weighted by Crippen LogP contribution is 2.20. The second kappa shape index (κ2) is 5.44. The fraction of sp³-hybridized carbons (Fsp3) is 0.250. The topological polar surface area (TPSA) is 72.2 Å². The first-order chi connectivity index (χ1) is 8.88. The molecular weight excluding hydrogens is 332 g/mol. The van der Waals surface area contributed by atoms with E-state index in [1.54, 1.807) is 31.2 Å². The van der Waals surface area contributed by atoms with Crippen LogP contribution in [0.1, 0.15) is 17.0 Å². The van der Waals surface area contributed by atoms with E-state index in [2.05, 4.69) is 25.8 Å². The summed E-state index contributed by atoms with van der Waals surface area (Å²) in [4.78, 5) is 0.230. The molecule has 0 aliphatic carbocycles. The standard InChI is InChI=1S/C12H13BrN2O3S/c1-8-5-11(3-4-12(8)13)19(16,17)14-7-10-6-9(2)18-15-10/h3-6,14H,7H2,1-2H3. The van der Waals surface area contributed by atoms with Crippen molar-refractivity contribution in [2.24, 2.45) is 0 Å². The lowest BCUT2D eigenvalue weighted by Gasteiger charge is -2.06. The summed E-state index contributed by atoms with van der Waals surface area (Å²) in [5.41, 5.74) is 1.41. The van der Waals surface area contributed by atoms with E-state index in [-0.39, 0.29) is 11.4 Å². The molecule has 0 spiro atoms. The number of hydrogen-bond donors (Lipinski definition) is 1. The van der Waals surface area contributed by atoms with Gasteiger partial charge in [-0.1, -0.05) is 21.1 Å². The first kappa shape index (κ1) is 14.2. The van der Waals surface area contributed by atoms with Gasteiger partial charge in [0.05, 0.1) is 17.1 Å². The van der Waals surface area contributed by atoms with E-state index in [4.69, 9.17) is 4.52 Å². The van der Waals surface area contributed by atoms with Crippen LogP contribution in [0.25, 0.3) is 0 Å². The van der Waals surface area contributed by atoms with Crippen molar-refractivity contribution in [3.63, 3.8) is 0 Å². The van der Waals surface area contributed by atoms with Crippen molar-refractivity contribution in [1.29, 1.82) is 0 Å². The van der Waals surface area contributed by atoms with E-state index in [1.807, 2.05) is 6.92 Å². The summed E-state index contributed by atoms with van der Waals surface area (Å²) >= 11 is 3.34. The van der Waals surface area contributed by atoms with Gasteiger partial charge in [0, 0.05) is 10.5 Å². The number of sulfonamides is 1. The van der Waals surface area contributed by atoms with E-state index in [0.29, 0.717) is 11.5 Å². The van der Waals surface area contributed by atoms with E-state index >= 15 is 0 Å². The maximum absolute atomic E-state index is 12.1. The van der Waals surface area contributed by atoms with Crippen LogP contribution in [-0.2, 0) is 16.6 Å². The van der Waals surface area contributed by atoms with Crippen molar-refractivity contribution in [2.75, 3.05) is 0 Å². The lowest BCUT2D eigenvalue weighted by atomic mass is 10.2. The molecule has 0 amide bonds. The van der Waals surface area contributed by atoms with Crippen molar-refractivity contribution in [2.45, 2.75) is 25.3 Å². The van der Waals surface area contributed by atoms with Crippen LogP contribution in [0.5, 0.6) is 0 Å². The van der Waals surface area contributed by atoms with Gasteiger partial charge in [-0.05, 0) is 37.6 Å². The van der Waals surface area contributed by atoms with E-state index in [1.165, 1.54) is 0 Å². The molecule has 19 heavy (non-hydrogen) atoms. The minimum atomic E-state index is -3.54. The van der Waals surface area contributed by atoms with E-state index in [9.17, 15) is 8.42 Å². The van der Waals surface area contributed by atoms with Crippen LogP contribution in [0.15, 0.2) is 38.2 Å². The summed E-state index contributed by atoms with van der Waals surface area (Å²) in [6, 6.07) is 6.56. The molecule has 0 unspecified atom stereocenters. The average Bonchev–Trinajstić information content (AvgIpc) is 2.76. The third-order valence-corrected chi connectivity index (χ3v) is 4.85. The molecule has 2 aromatic rings. The number of aromatic nitrogens is 1. The molecule has 0 saturated heterocycles. The monoisotopic (exact) mass is 344 g/mol. The first-order valence-corrected chi connectivity index (χ1v) is 7.84. The zero-order chi connectivity index (χ0) is 14.0. The number of nitrogens with zero attached hydrogens (tertiary/aromatic N) is 1. The highest BCUT2D eigenvalue weighted by Gasteiger charge is 2.15. The van der Waals surface area contributed by atoms with Gasteiger partial charge in [-0.3, -0.25) is 0 Å². The molecule has 0 saturated carbocycles. The molecule has 0 aliphatic rings. The van der Waals surface area contributed by atoms with Gasteiger partial charge in [-0.2, -0.15) is 0 Å². The Balaban J connectivity index is 2.16. The highest BCUT2D eigenvalue weighted by atomic mass is 79.9. The molecule has 1 aromatic heterocycles. The zero-order valence-corrected chi connectivity index (χ0v) is 12.9. The Hall–Kier alpha value is -1.18. The molecule has 0 fully saturated rings. The zero-order valence-electron chi connectivity index (χ0n) is 10.5. The predicted molar refractivity (Wildman–Crippen MR) is 74.1 cm³/mol. The molecular formula is C12H13BrN2O3S. The fourth-order valence-corrected chi connectivity index (χ4v) is 2.87. The predicted octanol–water partition coefficient (Wildman–Crippen LogP) is 2.53. The number of aryl methyl sites for hydroxylation is 2. The number of nitrogens with one attached hydrogen (secondary N) is 1. The lowest BCUT2D eigenvalue weighted by Crippen LogP contribution is -2.23. The maximum atomic E-state index is 12.1. The Kier molecular flexibility index (Phi) is 4.07. The molecule has 0 aliphatic heterocycles. The molecule has 2 rings (SSSR count). The second-order valence-corrected chi connectivity index (χ2v) is 6.79. The van der Waals surface area contributed by atoms with Crippen LogP contribution in [-0.4, -0.2) is 13.6 Å². The molecule has 0 bridgehead atoms. The summed E-state index contributed by atoms with van der Waals surface area (Å²) < 4.78 is 32.4. The van der Waals surface area contributed by atoms with Crippen molar-refractivity contribution < 1.29 is 12.9 Å². The Morgan fingerprint density at radius 2 is 2.05 bits per heavy atom. The van der Waals surface area contributed by atoms with Crippen LogP contribution in [0.2, 0.25) is 0 Å². The number of hydrogen-bond acceptors (Lipinski definition) is 4. The fourth-order valence-electron chi connectivity index (χ4n) is 1.54. The number of rotatable bonds is 4. The van der Waals surface area contributed by atoms with Gasteiger partial charge >= 0.3 is 0 Å². The maximum Gasteiger partial charge on any atom is 0.240 e. The van der Waals surface area contributed by atoms with Gasteiger partial charge in [-0.15, -0.1) is 0 Å². The number of benzene rings is 1. The molecule has 1 aromatic carbocycles. The molecule has 5 nitrogen and oxygen atoms in total. The summed E-state index contributed by atoms with van der Waals surface area (Å²) in [7, 11) is -3.54. The molecule has 1 N–H and O–H groups in total. The van der Waals surface area contributed by atoms with Gasteiger partial charge < -0.3 is 4.52 Å². The second-order valence-electron chi connectivity index (χ2n) is 4.16. The van der Waals surface area contributed by atoms with Gasteiger partial charge in [0.1, 0.15) is 5.76 Å². The molecule has 0 radical (unpaired) electrons. The van der Waals surface area contributed by atoms with E-state index < -0.39 is 10.0 Å². The minimum Gasteiger partial charge on any atom is -0.361 e. The van der Waals surface area contributed by atoms with Gasteiger partial charge in [-0.25, -0.2) is 13.1 Å². The van der Waals surface area contributed by atoms with Crippen LogP contribution < -0.4 is 4.72 Å². The summed E-state index contributed by atoms with van der Waals surface area (Å²) in [6.07, 6.45) is 0.